The number of rotatable bonds is 4. The van der Waals surface area contributed by atoms with Crippen molar-refractivity contribution >= 4 is 0 Å². The summed E-state index contributed by atoms with van der Waals surface area (Å²) in [5, 5.41) is 7.88. The van der Waals surface area contributed by atoms with Crippen LogP contribution in [0.5, 0.6) is 0 Å². The van der Waals surface area contributed by atoms with E-state index in [1.54, 1.807) is 0 Å². The van der Waals surface area contributed by atoms with Gasteiger partial charge in [0.15, 0.2) is 0 Å². The zero-order valence-corrected chi connectivity index (χ0v) is 11.5. The molecule has 0 aromatic carbocycles. The van der Waals surface area contributed by atoms with Crippen molar-refractivity contribution in [1.29, 1.82) is 0 Å². The van der Waals surface area contributed by atoms with Gasteiger partial charge in [0.25, 0.3) is 0 Å². The number of aromatic nitrogens is 2. The molecule has 0 atom stereocenters. The molecule has 0 spiro atoms. The molecule has 0 aliphatic carbocycles. The lowest BCUT2D eigenvalue weighted by Crippen LogP contribution is -2.26. The van der Waals surface area contributed by atoms with Gasteiger partial charge in [0.1, 0.15) is 0 Å². The second-order valence-corrected chi connectivity index (χ2v) is 5.65. The van der Waals surface area contributed by atoms with Crippen molar-refractivity contribution in [2.24, 2.45) is 0 Å². The third-order valence-corrected chi connectivity index (χ3v) is 2.65. The molecular formula is C13H25N3. The van der Waals surface area contributed by atoms with Gasteiger partial charge in [-0.25, -0.2) is 0 Å². The molecule has 1 aromatic heterocycles. The monoisotopic (exact) mass is 223 g/mol. The number of likely N-dealkylation sites (N-methyl/N-ethyl adjacent to an activating group) is 1. The van der Waals surface area contributed by atoms with Gasteiger partial charge in [-0.15, -0.1) is 0 Å². The van der Waals surface area contributed by atoms with Gasteiger partial charge in [-0.2, -0.15) is 5.10 Å². The standard InChI is InChI=1S/C13H25N3/c1-10(2)12-9-11(7-8-14-6)15-16(12)13(3,4)5/h9-10,14H,7-8H2,1-6H3. The first-order valence-corrected chi connectivity index (χ1v) is 6.10. The van der Waals surface area contributed by atoms with Crippen LogP contribution in [-0.2, 0) is 12.0 Å². The Balaban J connectivity index is 3.01. The third-order valence-electron chi connectivity index (χ3n) is 2.65. The van der Waals surface area contributed by atoms with Gasteiger partial charge < -0.3 is 5.32 Å². The molecule has 0 aliphatic heterocycles. The molecule has 0 unspecified atom stereocenters. The van der Waals surface area contributed by atoms with Crippen molar-refractivity contribution in [2.75, 3.05) is 13.6 Å². The predicted molar refractivity (Wildman–Crippen MR) is 68.9 cm³/mol. The van der Waals surface area contributed by atoms with E-state index in [-0.39, 0.29) is 5.54 Å². The average Bonchev–Trinajstić information content (AvgIpc) is 2.58. The summed E-state index contributed by atoms with van der Waals surface area (Å²) in [5.74, 6) is 0.523. The molecule has 3 heteroatoms. The zero-order chi connectivity index (χ0) is 12.3. The normalized spacial score (nSPS) is 12.4. The minimum absolute atomic E-state index is 0.0670. The Morgan fingerprint density at radius 1 is 1.38 bits per heavy atom. The largest absolute Gasteiger partial charge is 0.319 e. The molecule has 1 heterocycles. The van der Waals surface area contributed by atoms with Crippen LogP contribution in [0.4, 0.5) is 0 Å². The Kier molecular flexibility index (Phi) is 4.14. The summed E-state index contributed by atoms with van der Waals surface area (Å²) in [4.78, 5) is 0. The quantitative estimate of drug-likeness (QED) is 0.850. The molecule has 1 aromatic rings. The minimum atomic E-state index is 0.0670. The van der Waals surface area contributed by atoms with Crippen LogP contribution in [0, 0.1) is 0 Å². The van der Waals surface area contributed by atoms with Crippen molar-refractivity contribution in [2.45, 2.75) is 52.5 Å². The fourth-order valence-corrected chi connectivity index (χ4v) is 1.77. The SMILES string of the molecule is CNCCc1cc(C(C)C)n(C(C)(C)C)n1. The van der Waals surface area contributed by atoms with Gasteiger partial charge in [0.05, 0.1) is 11.2 Å². The van der Waals surface area contributed by atoms with Crippen LogP contribution in [0.15, 0.2) is 6.07 Å². The summed E-state index contributed by atoms with van der Waals surface area (Å²) in [6.45, 7) is 12.0. The number of nitrogens with one attached hydrogen (secondary N) is 1. The first-order valence-electron chi connectivity index (χ1n) is 6.10. The van der Waals surface area contributed by atoms with Crippen molar-refractivity contribution in [3.63, 3.8) is 0 Å². The maximum atomic E-state index is 4.72. The highest BCUT2D eigenvalue weighted by Crippen LogP contribution is 2.23. The van der Waals surface area contributed by atoms with Crippen molar-refractivity contribution < 1.29 is 0 Å². The first-order chi connectivity index (χ1) is 7.36. The summed E-state index contributed by atoms with van der Waals surface area (Å²) in [7, 11) is 1.98. The van der Waals surface area contributed by atoms with E-state index in [0.29, 0.717) is 5.92 Å². The summed E-state index contributed by atoms with van der Waals surface area (Å²) >= 11 is 0. The van der Waals surface area contributed by atoms with E-state index < -0.39 is 0 Å². The maximum Gasteiger partial charge on any atom is 0.0640 e. The highest BCUT2D eigenvalue weighted by atomic mass is 15.3. The number of hydrogen-bond donors (Lipinski definition) is 1. The fourth-order valence-electron chi connectivity index (χ4n) is 1.77. The Morgan fingerprint density at radius 2 is 2.00 bits per heavy atom. The van der Waals surface area contributed by atoms with Crippen LogP contribution < -0.4 is 5.32 Å². The van der Waals surface area contributed by atoms with Crippen LogP contribution in [0.25, 0.3) is 0 Å². The molecular weight excluding hydrogens is 198 g/mol. The highest BCUT2D eigenvalue weighted by molar-refractivity contribution is 5.15. The Hall–Kier alpha value is -0.830. The summed E-state index contributed by atoms with van der Waals surface area (Å²) in [6.07, 6.45) is 0.999. The summed E-state index contributed by atoms with van der Waals surface area (Å²) < 4.78 is 2.17. The molecule has 92 valence electrons. The summed E-state index contributed by atoms with van der Waals surface area (Å²) in [5.41, 5.74) is 2.59. The molecule has 3 nitrogen and oxygen atoms in total. The number of hydrogen-bond acceptors (Lipinski definition) is 2. The van der Waals surface area contributed by atoms with Crippen LogP contribution in [0.3, 0.4) is 0 Å². The second-order valence-electron chi connectivity index (χ2n) is 5.65. The van der Waals surface area contributed by atoms with Gasteiger partial charge in [0.2, 0.25) is 0 Å². The lowest BCUT2D eigenvalue weighted by molar-refractivity contribution is 0.337. The Morgan fingerprint density at radius 3 is 2.38 bits per heavy atom. The van der Waals surface area contributed by atoms with E-state index in [9.17, 15) is 0 Å². The highest BCUT2D eigenvalue weighted by Gasteiger charge is 2.20. The van der Waals surface area contributed by atoms with E-state index in [4.69, 9.17) is 5.10 Å². The summed E-state index contributed by atoms with van der Waals surface area (Å²) in [6, 6.07) is 2.24. The molecule has 0 fully saturated rings. The lowest BCUT2D eigenvalue weighted by Gasteiger charge is -2.23. The van der Waals surface area contributed by atoms with Crippen LogP contribution >= 0.6 is 0 Å². The smallest absolute Gasteiger partial charge is 0.0640 e. The van der Waals surface area contributed by atoms with Crippen LogP contribution in [-0.4, -0.2) is 23.4 Å². The molecule has 0 bridgehead atoms. The van der Waals surface area contributed by atoms with Crippen LogP contribution in [0.1, 0.15) is 51.9 Å². The molecule has 1 N–H and O–H groups in total. The van der Waals surface area contributed by atoms with Crippen LogP contribution in [0.2, 0.25) is 0 Å². The average molecular weight is 223 g/mol. The van der Waals surface area contributed by atoms with Gasteiger partial charge in [-0.3, -0.25) is 4.68 Å². The Labute approximate surface area is 99.2 Å². The molecule has 0 saturated carbocycles. The van der Waals surface area contributed by atoms with E-state index in [1.165, 1.54) is 11.4 Å². The molecule has 0 aliphatic rings. The van der Waals surface area contributed by atoms with Crippen molar-refractivity contribution in [3.8, 4) is 0 Å². The zero-order valence-electron chi connectivity index (χ0n) is 11.5. The second kappa shape index (κ2) is 5.00. The van der Waals surface area contributed by atoms with E-state index >= 15 is 0 Å². The topological polar surface area (TPSA) is 29.9 Å². The van der Waals surface area contributed by atoms with E-state index in [2.05, 4.69) is 50.7 Å². The molecule has 0 amide bonds. The predicted octanol–water partition coefficient (Wildman–Crippen LogP) is 2.52. The van der Waals surface area contributed by atoms with Crippen molar-refractivity contribution in [3.05, 3.63) is 17.5 Å². The van der Waals surface area contributed by atoms with E-state index in [1.807, 2.05) is 7.05 Å². The van der Waals surface area contributed by atoms with Gasteiger partial charge in [-0.1, -0.05) is 13.8 Å². The maximum absolute atomic E-state index is 4.72. The lowest BCUT2D eigenvalue weighted by atomic mass is 10.1. The fraction of sp³-hybridized carbons (Fsp3) is 0.769. The molecule has 0 radical (unpaired) electrons. The number of nitrogens with zero attached hydrogens (tertiary/aromatic N) is 2. The van der Waals surface area contributed by atoms with E-state index in [0.717, 1.165) is 13.0 Å². The molecule has 0 saturated heterocycles. The van der Waals surface area contributed by atoms with Gasteiger partial charge >= 0.3 is 0 Å². The van der Waals surface area contributed by atoms with Crippen molar-refractivity contribution in [1.82, 2.24) is 15.1 Å². The molecule has 16 heavy (non-hydrogen) atoms. The van der Waals surface area contributed by atoms with Gasteiger partial charge in [-0.05, 0) is 39.8 Å². The molecule has 1 rings (SSSR count). The Bertz CT molecular complexity index is 331. The van der Waals surface area contributed by atoms with Gasteiger partial charge in [0, 0.05) is 18.7 Å². The minimum Gasteiger partial charge on any atom is -0.319 e. The third kappa shape index (κ3) is 3.08. The first kappa shape index (κ1) is 13.2.